The molecule has 1 aromatic rings. The molecule has 2 heterocycles. The standard InChI is InChI=1S/C20H27N3O4/c1-3-18(24)22-11-9-21(10-12-22)16-5-7-17(8-6-16)23-14-15(13-19(23)25)20(26)27-4-2/h5-8,15H,3-4,9-14H2,1-2H3/t15-/m1/s1. The average Bonchev–Trinajstić information content (AvgIpc) is 3.09. The number of benzene rings is 1. The Labute approximate surface area is 159 Å². The molecule has 1 aromatic carbocycles. The van der Waals surface area contributed by atoms with Gasteiger partial charge in [0.15, 0.2) is 0 Å². The Morgan fingerprint density at radius 2 is 1.67 bits per heavy atom. The monoisotopic (exact) mass is 373 g/mol. The van der Waals surface area contributed by atoms with Crippen molar-refractivity contribution in [3.63, 3.8) is 0 Å². The predicted octanol–water partition coefficient (Wildman–Crippen LogP) is 1.66. The van der Waals surface area contributed by atoms with Crippen LogP contribution in [0.4, 0.5) is 11.4 Å². The molecule has 0 N–H and O–H groups in total. The van der Waals surface area contributed by atoms with Crippen LogP contribution in [0.25, 0.3) is 0 Å². The van der Waals surface area contributed by atoms with Gasteiger partial charge < -0.3 is 19.4 Å². The van der Waals surface area contributed by atoms with E-state index >= 15 is 0 Å². The maximum Gasteiger partial charge on any atom is 0.311 e. The van der Waals surface area contributed by atoms with Crippen LogP contribution in [0.15, 0.2) is 24.3 Å². The molecule has 0 spiro atoms. The maximum atomic E-state index is 12.3. The van der Waals surface area contributed by atoms with Gasteiger partial charge in [-0.2, -0.15) is 0 Å². The Kier molecular flexibility index (Phi) is 5.98. The molecular weight excluding hydrogens is 346 g/mol. The fourth-order valence-electron chi connectivity index (χ4n) is 3.66. The molecule has 0 aromatic heterocycles. The summed E-state index contributed by atoms with van der Waals surface area (Å²) in [6, 6.07) is 7.84. The zero-order valence-electron chi connectivity index (χ0n) is 16.0. The first-order valence-corrected chi connectivity index (χ1v) is 9.63. The number of carbonyl (C=O) groups is 3. The van der Waals surface area contributed by atoms with Crippen molar-refractivity contribution in [1.82, 2.24) is 4.90 Å². The first kappa shape index (κ1) is 19.2. The van der Waals surface area contributed by atoms with Crippen molar-refractivity contribution in [2.75, 3.05) is 49.1 Å². The maximum absolute atomic E-state index is 12.3. The highest BCUT2D eigenvalue weighted by Crippen LogP contribution is 2.28. The Hall–Kier alpha value is -2.57. The molecule has 0 aliphatic carbocycles. The Morgan fingerprint density at radius 1 is 1.04 bits per heavy atom. The largest absolute Gasteiger partial charge is 0.466 e. The number of amides is 2. The second kappa shape index (κ2) is 8.41. The van der Waals surface area contributed by atoms with Crippen LogP contribution >= 0.6 is 0 Å². The highest BCUT2D eigenvalue weighted by atomic mass is 16.5. The quantitative estimate of drug-likeness (QED) is 0.734. The van der Waals surface area contributed by atoms with Crippen molar-refractivity contribution < 1.29 is 19.1 Å². The highest BCUT2D eigenvalue weighted by molar-refractivity contribution is 5.99. The molecule has 2 fully saturated rings. The van der Waals surface area contributed by atoms with Crippen LogP contribution in [0.1, 0.15) is 26.7 Å². The van der Waals surface area contributed by atoms with Gasteiger partial charge in [0.2, 0.25) is 11.8 Å². The summed E-state index contributed by atoms with van der Waals surface area (Å²) in [7, 11) is 0. The second-order valence-corrected chi connectivity index (χ2v) is 6.90. The third-order valence-corrected chi connectivity index (χ3v) is 5.21. The molecule has 2 saturated heterocycles. The molecule has 1 atom stereocenters. The van der Waals surface area contributed by atoms with Gasteiger partial charge in [0.05, 0.1) is 12.5 Å². The van der Waals surface area contributed by atoms with E-state index in [1.165, 1.54) is 0 Å². The molecule has 0 bridgehead atoms. The first-order chi connectivity index (χ1) is 13.0. The van der Waals surface area contributed by atoms with E-state index in [-0.39, 0.29) is 30.1 Å². The fraction of sp³-hybridized carbons (Fsp3) is 0.550. The SMILES string of the molecule is CCOC(=O)[C@@H]1CC(=O)N(c2ccc(N3CCN(C(=O)CC)CC3)cc2)C1. The minimum absolute atomic E-state index is 0.0486. The van der Waals surface area contributed by atoms with Gasteiger partial charge in [-0.25, -0.2) is 0 Å². The van der Waals surface area contributed by atoms with Gasteiger partial charge in [-0.1, -0.05) is 6.92 Å². The van der Waals surface area contributed by atoms with E-state index in [1.807, 2.05) is 36.1 Å². The number of ether oxygens (including phenoxy) is 1. The van der Waals surface area contributed by atoms with Crippen LogP contribution in [-0.2, 0) is 19.1 Å². The number of carbonyl (C=O) groups excluding carboxylic acids is 3. The number of hydrogen-bond donors (Lipinski definition) is 0. The Balaban J connectivity index is 1.60. The normalized spacial score (nSPS) is 20.1. The number of nitrogens with zero attached hydrogens (tertiary/aromatic N) is 3. The van der Waals surface area contributed by atoms with Crippen molar-refractivity contribution >= 4 is 29.2 Å². The number of piperazine rings is 1. The van der Waals surface area contributed by atoms with Gasteiger partial charge in [0, 0.05) is 56.9 Å². The summed E-state index contributed by atoms with van der Waals surface area (Å²) in [6.07, 6.45) is 0.749. The van der Waals surface area contributed by atoms with E-state index in [4.69, 9.17) is 4.74 Å². The van der Waals surface area contributed by atoms with Gasteiger partial charge in [0.25, 0.3) is 0 Å². The molecule has 7 heteroatoms. The van der Waals surface area contributed by atoms with Gasteiger partial charge in [0.1, 0.15) is 0 Å². The van der Waals surface area contributed by atoms with E-state index < -0.39 is 0 Å². The molecule has 2 aliphatic heterocycles. The van der Waals surface area contributed by atoms with Gasteiger partial charge in [-0.3, -0.25) is 14.4 Å². The summed E-state index contributed by atoms with van der Waals surface area (Å²) in [6.45, 7) is 7.44. The summed E-state index contributed by atoms with van der Waals surface area (Å²) >= 11 is 0. The van der Waals surface area contributed by atoms with Crippen LogP contribution in [0.3, 0.4) is 0 Å². The minimum atomic E-state index is -0.388. The topological polar surface area (TPSA) is 70.2 Å². The van der Waals surface area contributed by atoms with Crippen molar-refractivity contribution in [1.29, 1.82) is 0 Å². The first-order valence-electron chi connectivity index (χ1n) is 9.63. The third-order valence-electron chi connectivity index (χ3n) is 5.21. The lowest BCUT2D eigenvalue weighted by atomic mass is 10.1. The average molecular weight is 373 g/mol. The molecule has 0 saturated carbocycles. The van der Waals surface area contributed by atoms with Crippen molar-refractivity contribution in [3.05, 3.63) is 24.3 Å². The van der Waals surface area contributed by atoms with Gasteiger partial charge >= 0.3 is 5.97 Å². The fourth-order valence-corrected chi connectivity index (χ4v) is 3.66. The highest BCUT2D eigenvalue weighted by Gasteiger charge is 2.36. The van der Waals surface area contributed by atoms with E-state index in [9.17, 15) is 14.4 Å². The van der Waals surface area contributed by atoms with Crippen LogP contribution in [-0.4, -0.2) is 62.0 Å². The molecule has 2 aliphatic rings. The summed E-state index contributed by atoms with van der Waals surface area (Å²) < 4.78 is 5.04. The third kappa shape index (κ3) is 4.23. The summed E-state index contributed by atoms with van der Waals surface area (Å²) in [5, 5.41) is 0. The predicted molar refractivity (Wildman–Crippen MR) is 103 cm³/mol. The van der Waals surface area contributed by atoms with Crippen molar-refractivity contribution in [2.24, 2.45) is 5.92 Å². The van der Waals surface area contributed by atoms with E-state index in [0.29, 0.717) is 19.6 Å². The smallest absolute Gasteiger partial charge is 0.311 e. The minimum Gasteiger partial charge on any atom is -0.466 e. The lowest BCUT2D eigenvalue weighted by Gasteiger charge is -2.36. The summed E-state index contributed by atoms with van der Waals surface area (Å²) in [5.74, 6) is -0.535. The number of esters is 1. The molecule has 3 rings (SSSR count). The molecule has 0 unspecified atom stereocenters. The second-order valence-electron chi connectivity index (χ2n) is 6.90. The van der Waals surface area contributed by atoms with Crippen LogP contribution in [0.5, 0.6) is 0 Å². The van der Waals surface area contributed by atoms with Crippen molar-refractivity contribution in [3.8, 4) is 0 Å². The van der Waals surface area contributed by atoms with E-state index in [2.05, 4.69) is 4.90 Å². The van der Waals surface area contributed by atoms with Crippen LogP contribution in [0.2, 0.25) is 0 Å². The van der Waals surface area contributed by atoms with Gasteiger partial charge in [-0.15, -0.1) is 0 Å². The summed E-state index contributed by atoms with van der Waals surface area (Å²) in [4.78, 5) is 41.8. The Morgan fingerprint density at radius 3 is 2.26 bits per heavy atom. The summed E-state index contributed by atoms with van der Waals surface area (Å²) in [5.41, 5.74) is 1.88. The molecule has 7 nitrogen and oxygen atoms in total. The van der Waals surface area contributed by atoms with E-state index in [1.54, 1.807) is 11.8 Å². The number of hydrogen-bond acceptors (Lipinski definition) is 5. The Bertz CT molecular complexity index is 696. The molecule has 27 heavy (non-hydrogen) atoms. The lowest BCUT2D eigenvalue weighted by Crippen LogP contribution is -2.48. The van der Waals surface area contributed by atoms with Gasteiger partial charge in [-0.05, 0) is 31.2 Å². The molecule has 0 radical (unpaired) electrons. The molecule has 2 amide bonds. The molecular formula is C20H27N3O4. The van der Waals surface area contributed by atoms with E-state index in [0.717, 1.165) is 37.6 Å². The zero-order valence-corrected chi connectivity index (χ0v) is 16.0. The molecule has 146 valence electrons. The van der Waals surface area contributed by atoms with Crippen LogP contribution in [0, 0.1) is 5.92 Å². The number of anilines is 2. The lowest BCUT2D eigenvalue weighted by molar-refractivity contribution is -0.147. The number of rotatable bonds is 5. The van der Waals surface area contributed by atoms with Crippen molar-refractivity contribution in [2.45, 2.75) is 26.7 Å². The van der Waals surface area contributed by atoms with Crippen LogP contribution < -0.4 is 9.80 Å². The zero-order chi connectivity index (χ0) is 19.4.